The zero-order valence-electron chi connectivity index (χ0n) is 12.6. The van der Waals surface area contributed by atoms with E-state index in [9.17, 15) is 4.79 Å². The molecule has 1 N–H and O–H groups in total. The third kappa shape index (κ3) is 4.63. The molecule has 3 nitrogen and oxygen atoms in total. The van der Waals surface area contributed by atoms with E-state index >= 15 is 0 Å². The molecule has 2 rings (SSSR count). The first kappa shape index (κ1) is 15.1. The van der Waals surface area contributed by atoms with Crippen LogP contribution in [0.4, 0.5) is 5.69 Å². The van der Waals surface area contributed by atoms with Crippen molar-refractivity contribution in [2.75, 3.05) is 11.9 Å². The fraction of sp³-hybridized carbons (Fsp3) is 0.278. The van der Waals surface area contributed by atoms with Crippen molar-refractivity contribution in [2.24, 2.45) is 0 Å². The molecule has 0 heterocycles. The van der Waals surface area contributed by atoms with E-state index in [1.807, 2.05) is 31.2 Å². The quantitative estimate of drug-likeness (QED) is 0.871. The Labute approximate surface area is 126 Å². The van der Waals surface area contributed by atoms with Gasteiger partial charge in [0.1, 0.15) is 5.75 Å². The van der Waals surface area contributed by atoms with E-state index in [2.05, 4.69) is 36.5 Å². The number of para-hydroxylation sites is 2. The average Bonchev–Trinajstić information content (AvgIpc) is 2.49. The minimum Gasteiger partial charge on any atom is -0.492 e. The van der Waals surface area contributed by atoms with Crippen LogP contribution in [0.1, 0.15) is 24.5 Å². The van der Waals surface area contributed by atoms with E-state index in [1.165, 1.54) is 11.1 Å². The number of hydrogen-bond donors (Lipinski definition) is 1. The van der Waals surface area contributed by atoms with Crippen molar-refractivity contribution in [3.8, 4) is 5.75 Å². The van der Waals surface area contributed by atoms with E-state index < -0.39 is 0 Å². The Morgan fingerprint density at radius 2 is 1.81 bits per heavy atom. The van der Waals surface area contributed by atoms with Gasteiger partial charge in [-0.05, 0) is 38.0 Å². The van der Waals surface area contributed by atoms with Crippen molar-refractivity contribution in [2.45, 2.75) is 26.7 Å². The number of nitrogens with one attached hydrogen (secondary N) is 1. The standard InChI is InChI=1S/C18H21NO2/c1-3-21-17-7-5-4-6-16(17)19-18(20)13-12-15-10-8-14(2)9-11-15/h4-11H,3,12-13H2,1-2H3,(H,19,20). The second kappa shape index (κ2) is 7.48. The number of hydrogen-bond acceptors (Lipinski definition) is 2. The topological polar surface area (TPSA) is 38.3 Å². The number of benzene rings is 2. The summed E-state index contributed by atoms with van der Waals surface area (Å²) >= 11 is 0. The van der Waals surface area contributed by atoms with Gasteiger partial charge < -0.3 is 10.1 Å². The van der Waals surface area contributed by atoms with Crippen molar-refractivity contribution in [1.29, 1.82) is 0 Å². The smallest absolute Gasteiger partial charge is 0.224 e. The van der Waals surface area contributed by atoms with E-state index in [-0.39, 0.29) is 5.91 Å². The second-order valence-electron chi connectivity index (χ2n) is 4.96. The molecule has 1 amide bonds. The summed E-state index contributed by atoms with van der Waals surface area (Å²) in [4.78, 5) is 12.0. The third-order valence-corrected chi connectivity index (χ3v) is 3.22. The molecule has 2 aromatic rings. The van der Waals surface area contributed by atoms with Gasteiger partial charge in [-0.3, -0.25) is 4.79 Å². The van der Waals surface area contributed by atoms with Crippen LogP contribution in [0.15, 0.2) is 48.5 Å². The number of anilines is 1. The molecule has 21 heavy (non-hydrogen) atoms. The van der Waals surface area contributed by atoms with Crippen molar-refractivity contribution >= 4 is 11.6 Å². The Bertz CT molecular complexity index is 590. The van der Waals surface area contributed by atoms with Gasteiger partial charge in [-0.2, -0.15) is 0 Å². The Morgan fingerprint density at radius 3 is 2.52 bits per heavy atom. The zero-order chi connectivity index (χ0) is 15.1. The zero-order valence-corrected chi connectivity index (χ0v) is 12.6. The number of ether oxygens (including phenoxy) is 1. The third-order valence-electron chi connectivity index (χ3n) is 3.22. The van der Waals surface area contributed by atoms with Crippen LogP contribution in [0.5, 0.6) is 5.75 Å². The normalized spacial score (nSPS) is 10.2. The molecular formula is C18H21NO2. The molecule has 0 spiro atoms. The summed E-state index contributed by atoms with van der Waals surface area (Å²) in [5, 5.41) is 2.91. The molecule has 0 saturated heterocycles. The molecule has 110 valence electrons. The number of aryl methyl sites for hydroxylation is 2. The van der Waals surface area contributed by atoms with E-state index in [0.29, 0.717) is 18.8 Å². The van der Waals surface area contributed by atoms with E-state index in [0.717, 1.165) is 12.1 Å². The van der Waals surface area contributed by atoms with Crippen molar-refractivity contribution in [1.82, 2.24) is 0 Å². The van der Waals surface area contributed by atoms with E-state index in [1.54, 1.807) is 0 Å². The molecule has 3 heteroatoms. The van der Waals surface area contributed by atoms with Gasteiger partial charge >= 0.3 is 0 Å². The van der Waals surface area contributed by atoms with Crippen LogP contribution < -0.4 is 10.1 Å². The van der Waals surface area contributed by atoms with Crippen LogP contribution in [0.3, 0.4) is 0 Å². The van der Waals surface area contributed by atoms with E-state index in [4.69, 9.17) is 4.74 Å². The minimum atomic E-state index is 0.00253. The SMILES string of the molecule is CCOc1ccccc1NC(=O)CCc1ccc(C)cc1. The lowest BCUT2D eigenvalue weighted by molar-refractivity contribution is -0.116. The summed E-state index contributed by atoms with van der Waals surface area (Å²) < 4.78 is 5.50. The maximum Gasteiger partial charge on any atom is 0.224 e. The Hall–Kier alpha value is -2.29. The fourth-order valence-corrected chi connectivity index (χ4v) is 2.08. The summed E-state index contributed by atoms with van der Waals surface area (Å²) in [5.41, 5.74) is 3.14. The van der Waals surface area contributed by atoms with Crippen LogP contribution in [0.25, 0.3) is 0 Å². The first-order chi connectivity index (χ1) is 10.2. The molecular weight excluding hydrogens is 262 g/mol. The molecule has 0 aromatic heterocycles. The summed E-state index contributed by atoms with van der Waals surface area (Å²) in [5.74, 6) is 0.714. The Balaban J connectivity index is 1.91. The lowest BCUT2D eigenvalue weighted by atomic mass is 10.1. The van der Waals surface area contributed by atoms with Gasteiger partial charge in [0, 0.05) is 6.42 Å². The van der Waals surface area contributed by atoms with Gasteiger partial charge in [0.2, 0.25) is 5.91 Å². The first-order valence-electron chi connectivity index (χ1n) is 7.26. The predicted molar refractivity (Wildman–Crippen MR) is 85.7 cm³/mol. The highest BCUT2D eigenvalue weighted by Gasteiger charge is 2.07. The van der Waals surface area contributed by atoms with Crippen LogP contribution in [-0.2, 0) is 11.2 Å². The number of rotatable bonds is 6. The van der Waals surface area contributed by atoms with Crippen LogP contribution in [0.2, 0.25) is 0 Å². The maximum absolute atomic E-state index is 12.0. The van der Waals surface area contributed by atoms with Crippen LogP contribution >= 0.6 is 0 Å². The van der Waals surface area contributed by atoms with Crippen LogP contribution in [0, 0.1) is 6.92 Å². The van der Waals surface area contributed by atoms with Gasteiger partial charge in [0.15, 0.2) is 0 Å². The molecule has 0 unspecified atom stereocenters. The summed E-state index contributed by atoms with van der Waals surface area (Å²) in [6.45, 7) is 4.56. The van der Waals surface area contributed by atoms with Gasteiger partial charge in [-0.25, -0.2) is 0 Å². The highest BCUT2D eigenvalue weighted by molar-refractivity contribution is 5.92. The number of carbonyl (C=O) groups is 1. The number of amides is 1. The average molecular weight is 283 g/mol. The van der Waals surface area contributed by atoms with Crippen LogP contribution in [-0.4, -0.2) is 12.5 Å². The van der Waals surface area contributed by atoms with Crippen molar-refractivity contribution in [3.63, 3.8) is 0 Å². The molecule has 0 bridgehead atoms. The highest BCUT2D eigenvalue weighted by atomic mass is 16.5. The Morgan fingerprint density at radius 1 is 1.10 bits per heavy atom. The first-order valence-corrected chi connectivity index (χ1v) is 7.26. The van der Waals surface area contributed by atoms with Gasteiger partial charge in [0.05, 0.1) is 12.3 Å². The van der Waals surface area contributed by atoms with Crippen molar-refractivity contribution < 1.29 is 9.53 Å². The van der Waals surface area contributed by atoms with Crippen molar-refractivity contribution in [3.05, 3.63) is 59.7 Å². The lowest BCUT2D eigenvalue weighted by Crippen LogP contribution is -2.13. The highest BCUT2D eigenvalue weighted by Crippen LogP contribution is 2.23. The summed E-state index contributed by atoms with van der Waals surface area (Å²) in [7, 11) is 0. The molecule has 0 radical (unpaired) electrons. The summed E-state index contributed by atoms with van der Waals surface area (Å²) in [6, 6.07) is 15.8. The van der Waals surface area contributed by atoms with Gasteiger partial charge in [-0.1, -0.05) is 42.0 Å². The monoisotopic (exact) mass is 283 g/mol. The molecule has 0 atom stereocenters. The lowest BCUT2D eigenvalue weighted by Gasteiger charge is -2.11. The maximum atomic E-state index is 12.0. The molecule has 0 aliphatic rings. The minimum absolute atomic E-state index is 0.00253. The fourth-order valence-electron chi connectivity index (χ4n) is 2.08. The molecule has 0 aliphatic heterocycles. The predicted octanol–water partition coefficient (Wildman–Crippen LogP) is 3.97. The second-order valence-corrected chi connectivity index (χ2v) is 4.96. The molecule has 0 aliphatic carbocycles. The Kier molecular flexibility index (Phi) is 5.38. The molecule has 0 saturated carbocycles. The van der Waals surface area contributed by atoms with Gasteiger partial charge in [0.25, 0.3) is 0 Å². The molecule has 0 fully saturated rings. The molecule has 2 aromatic carbocycles. The number of carbonyl (C=O) groups excluding carboxylic acids is 1. The van der Waals surface area contributed by atoms with Gasteiger partial charge in [-0.15, -0.1) is 0 Å². The summed E-state index contributed by atoms with van der Waals surface area (Å²) in [6.07, 6.45) is 1.20. The largest absolute Gasteiger partial charge is 0.492 e.